The van der Waals surface area contributed by atoms with Crippen molar-refractivity contribution in [2.24, 2.45) is 0 Å². The summed E-state index contributed by atoms with van der Waals surface area (Å²) < 4.78 is 47.3. The summed E-state index contributed by atoms with van der Waals surface area (Å²) in [5.41, 5.74) is 1.98. The molecule has 184 valence electrons. The molecule has 0 saturated heterocycles. The molecule has 0 fully saturated rings. The van der Waals surface area contributed by atoms with Crippen LogP contribution < -0.4 is 4.74 Å². The number of hydrogen-bond donors (Lipinski definition) is 0. The van der Waals surface area contributed by atoms with Crippen molar-refractivity contribution in [1.29, 1.82) is 0 Å². The zero-order chi connectivity index (χ0) is 25.4. The molecular weight excluding hydrogens is 421 g/mol. The molecule has 0 radical (unpaired) electrons. The molecule has 1 atom stereocenters. The lowest BCUT2D eigenvalue weighted by Gasteiger charge is -2.31. The van der Waals surface area contributed by atoms with Crippen LogP contribution in [0.15, 0.2) is 36.4 Å². The Bertz CT molecular complexity index is 956. The highest BCUT2D eigenvalue weighted by atomic mass is 19.4. The van der Waals surface area contributed by atoms with Crippen molar-refractivity contribution >= 4 is 0 Å². The first-order valence-electron chi connectivity index (χ1n) is 11.8. The van der Waals surface area contributed by atoms with Crippen molar-refractivity contribution in [3.8, 4) is 5.75 Å². The summed E-state index contributed by atoms with van der Waals surface area (Å²) in [6, 6.07) is 11.3. The molecule has 0 bridgehead atoms. The first-order chi connectivity index (χ1) is 14.9. The quantitative estimate of drug-likeness (QED) is 0.416. The highest BCUT2D eigenvalue weighted by Crippen LogP contribution is 2.42. The van der Waals surface area contributed by atoms with Crippen LogP contribution in [0.2, 0.25) is 0 Å². The Morgan fingerprint density at radius 1 is 0.758 bits per heavy atom. The molecule has 0 aromatic heterocycles. The molecule has 0 aliphatic heterocycles. The van der Waals surface area contributed by atoms with Crippen LogP contribution in [0.1, 0.15) is 109 Å². The zero-order valence-corrected chi connectivity index (χ0v) is 22.0. The third-order valence-corrected chi connectivity index (χ3v) is 6.75. The van der Waals surface area contributed by atoms with Gasteiger partial charge in [-0.3, -0.25) is 0 Å². The topological polar surface area (TPSA) is 9.23 Å². The highest BCUT2D eigenvalue weighted by molar-refractivity contribution is 5.43. The molecule has 4 heteroatoms. The van der Waals surface area contributed by atoms with Gasteiger partial charge in [-0.15, -0.1) is 0 Å². The number of halogens is 3. The van der Waals surface area contributed by atoms with Gasteiger partial charge in [0.15, 0.2) is 0 Å². The van der Waals surface area contributed by atoms with Crippen LogP contribution >= 0.6 is 0 Å². The van der Waals surface area contributed by atoms with E-state index in [1.54, 1.807) is 13.2 Å². The maximum atomic E-state index is 13.9. The van der Waals surface area contributed by atoms with Crippen molar-refractivity contribution in [2.45, 2.75) is 103 Å². The number of alkyl halides is 3. The Kier molecular flexibility index (Phi) is 7.73. The molecule has 0 aliphatic rings. The normalized spacial score (nSPS) is 14.3. The Morgan fingerprint density at radius 2 is 1.33 bits per heavy atom. The minimum atomic E-state index is -4.37. The first-order valence-corrected chi connectivity index (χ1v) is 11.8. The van der Waals surface area contributed by atoms with Crippen LogP contribution in [0, 0.1) is 0 Å². The maximum absolute atomic E-state index is 13.9. The van der Waals surface area contributed by atoms with Crippen molar-refractivity contribution in [3.05, 3.63) is 64.2 Å². The molecule has 0 N–H and O–H groups in total. The van der Waals surface area contributed by atoms with Gasteiger partial charge >= 0.3 is 6.18 Å². The summed E-state index contributed by atoms with van der Waals surface area (Å²) in [6.45, 7) is 18.2. The maximum Gasteiger partial charge on any atom is 0.416 e. The van der Waals surface area contributed by atoms with Gasteiger partial charge in [-0.25, -0.2) is 0 Å². The Morgan fingerprint density at radius 3 is 1.82 bits per heavy atom. The van der Waals surface area contributed by atoms with Crippen molar-refractivity contribution in [1.82, 2.24) is 0 Å². The molecule has 0 amide bonds. The molecule has 0 heterocycles. The fourth-order valence-electron chi connectivity index (χ4n) is 4.32. The van der Waals surface area contributed by atoms with Gasteiger partial charge in [0.2, 0.25) is 0 Å². The smallest absolute Gasteiger partial charge is 0.416 e. The lowest BCUT2D eigenvalue weighted by molar-refractivity contribution is -0.138. The van der Waals surface area contributed by atoms with E-state index in [1.807, 2.05) is 40.7 Å². The van der Waals surface area contributed by atoms with E-state index in [9.17, 15) is 13.2 Å². The molecule has 33 heavy (non-hydrogen) atoms. The second kappa shape index (κ2) is 9.35. The summed E-state index contributed by atoms with van der Waals surface area (Å²) in [7, 11) is 1.69. The third kappa shape index (κ3) is 6.55. The van der Waals surface area contributed by atoms with E-state index in [2.05, 4.69) is 45.9 Å². The van der Waals surface area contributed by atoms with Gasteiger partial charge in [0, 0.05) is 0 Å². The highest BCUT2D eigenvalue weighted by Gasteiger charge is 2.37. The van der Waals surface area contributed by atoms with E-state index in [-0.39, 0.29) is 16.7 Å². The van der Waals surface area contributed by atoms with E-state index >= 15 is 0 Å². The average molecular weight is 463 g/mol. The lowest BCUT2D eigenvalue weighted by atomic mass is 9.75. The van der Waals surface area contributed by atoms with E-state index in [1.165, 1.54) is 11.6 Å². The molecular formula is C29H41F3O. The molecule has 1 unspecified atom stereocenters. The van der Waals surface area contributed by atoms with Crippen molar-refractivity contribution in [3.63, 3.8) is 0 Å². The summed E-state index contributed by atoms with van der Waals surface area (Å²) >= 11 is 0. The predicted octanol–water partition coefficient (Wildman–Crippen LogP) is 9.17. The van der Waals surface area contributed by atoms with Gasteiger partial charge < -0.3 is 4.74 Å². The molecule has 1 nitrogen and oxygen atoms in total. The third-order valence-electron chi connectivity index (χ3n) is 6.75. The standard InChI is InChI=1S/C29H41F3O/c1-19(22-13-11-20(26(2,3)4)18-25(22)33-10)15-16-28(8,9)21-12-14-23(27(5,6)7)24(17-21)29(30,31)32/h11-14,17-19H,15-16H2,1-10H3. The van der Waals surface area contributed by atoms with Crippen LogP contribution in [-0.4, -0.2) is 7.11 Å². The lowest BCUT2D eigenvalue weighted by Crippen LogP contribution is -2.23. The van der Waals surface area contributed by atoms with Gasteiger partial charge in [0.05, 0.1) is 12.7 Å². The van der Waals surface area contributed by atoms with E-state index in [0.717, 1.165) is 29.7 Å². The van der Waals surface area contributed by atoms with Gasteiger partial charge in [-0.2, -0.15) is 13.2 Å². The summed E-state index contributed by atoms with van der Waals surface area (Å²) in [5.74, 6) is 1.10. The number of methoxy groups -OCH3 is 1. The monoisotopic (exact) mass is 462 g/mol. The summed E-state index contributed by atoms with van der Waals surface area (Å²) in [5, 5.41) is 0. The number of ether oxygens (including phenoxy) is 1. The van der Waals surface area contributed by atoms with Gasteiger partial charge in [0.1, 0.15) is 5.75 Å². The molecule has 2 aromatic carbocycles. The minimum absolute atomic E-state index is 0.0342. The van der Waals surface area contributed by atoms with Gasteiger partial charge in [-0.05, 0) is 69.4 Å². The molecule has 2 aromatic rings. The summed E-state index contributed by atoms with van der Waals surface area (Å²) in [6.07, 6.45) is -2.75. The average Bonchev–Trinajstić information content (AvgIpc) is 2.69. The van der Waals surface area contributed by atoms with Crippen LogP contribution in [-0.2, 0) is 22.4 Å². The number of rotatable bonds is 6. The van der Waals surface area contributed by atoms with Crippen LogP contribution in [0.5, 0.6) is 5.75 Å². The molecule has 2 rings (SSSR count). The predicted molar refractivity (Wildman–Crippen MR) is 133 cm³/mol. The second-order valence-corrected chi connectivity index (χ2v) is 12.0. The van der Waals surface area contributed by atoms with Gasteiger partial charge in [-0.1, -0.05) is 86.6 Å². The number of hydrogen-bond acceptors (Lipinski definition) is 1. The Hall–Kier alpha value is -1.97. The second-order valence-electron chi connectivity index (χ2n) is 12.0. The fourth-order valence-corrected chi connectivity index (χ4v) is 4.32. The van der Waals surface area contributed by atoms with Crippen LogP contribution in [0.3, 0.4) is 0 Å². The van der Waals surface area contributed by atoms with E-state index in [0.29, 0.717) is 5.56 Å². The fraction of sp³-hybridized carbons (Fsp3) is 0.586. The zero-order valence-electron chi connectivity index (χ0n) is 22.0. The molecule has 0 spiro atoms. The Labute approximate surface area is 198 Å². The first kappa shape index (κ1) is 27.3. The summed E-state index contributed by atoms with van der Waals surface area (Å²) in [4.78, 5) is 0. The largest absolute Gasteiger partial charge is 0.496 e. The molecule has 0 aliphatic carbocycles. The van der Waals surface area contributed by atoms with Crippen molar-refractivity contribution < 1.29 is 17.9 Å². The van der Waals surface area contributed by atoms with Crippen LogP contribution in [0.25, 0.3) is 0 Å². The van der Waals surface area contributed by atoms with Crippen molar-refractivity contribution in [2.75, 3.05) is 7.11 Å². The van der Waals surface area contributed by atoms with E-state index in [4.69, 9.17) is 4.74 Å². The minimum Gasteiger partial charge on any atom is -0.496 e. The van der Waals surface area contributed by atoms with E-state index < -0.39 is 17.2 Å². The molecule has 0 saturated carbocycles. The Balaban J connectivity index is 2.30. The van der Waals surface area contributed by atoms with Gasteiger partial charge in [0.25, 0.3) is 0 Å². The number of benzene rings is 2. The SMILES string of the molecule is COc1cc(C(C)(C)C)ccc1C(C)CCC(C)(C)c1ccc(C(C)(C)C)c(C(F)(F)F)c1. The van der Waals surface area contributed by atoms with Crippen LogP contribution in [0.4, 0.5) is 13.2 Å².